The van der Waals surface area contributed by atoms with Gasteiger partial charge in [0.1, 0.15) is 5.75 Å². The van der Waals surface area contributed by atoms with E-state index < -0.39 is 18.0 Å². The largest absolute Gasteiger partial charge is 0.433 e. The third-order valence-corrected chi connectivity index (χ3v) is 2.01. The summed E-state index contributed by atoms with van der Waals surface area (Å²) in [7, 11) is 0. The highest BCUT2D eigenvalue weighted by molar-refractivity contribution is 5.84. The summed E-state index contributed by atoms with van der Waals surface area (Å²) in [6.07, 6.45) is 0. The number of halogens is 3. The van der Waals surface area contributed by atoms with Gasteiger partial charge in [-0.15, -0.1) is 0 Å². The Morgan fingerprint density at radius 2 is 2.06 bits per heavy atom. The second-order valence-electron chi connectivity index (χ2n) is 3.05. The van der Waals surface area contributed by atoms with E-state index >= 15 is 0 Å². The number of pyridine rings is 1. The Hall–Kier alpha value is -1.98. The fourth-order valence-corrected chi connectivity index (χ4v) is 1.37. The van der Waals surface area contributed by atoms with Crippen molar-refractivity contribution in [2.24, 2.45) is 0 Å². The van der Waals surface area contributed by atoms with Crippen LogP contribution in [0, 0.1) is 5.82 Å². The van der Waals surface area contributed by atoms with Crippen LogP contribution in [0.3, 0.4) is 0 Å². The molecule has 2 rings (SSSR count). The van der Waals surface area contributed by atoms with Gasteiger partial charge in [-0.3, -0.25) is 4.79 Å². The third-order valence-electron chi connectivity index (χ3n) is 2.01. The molecule has 0 bridgehead atoms. The second kappa shape index (κ2) is 3.88. The van der Waals surface area contributed by atoms with E-state index in [1.807, 2.05) is 0 Å². The molecule has 1 heterocycles. The summed E-state index contributed by atoms with van der Waals surface area (Å²) in [5, 5.41) is 0.287. The minimum Gasteiger partial charge on any atom is -0.433 e. The number of nitrogens with one attached hydrogen (secondary N) is 1. The predicted octanol–water partition coefficient (Wildman–Crippen LogP) is 2.27. The summed E-state index contributed by atoms with van der Waals surface area (Å²) in [6.45, 7) is -3.00. The van der Waals surface area contributed by atoms with Gasteiger partial charge < -0.3 is 9.72 Å². The number of para-hydroxylation sites is 1. The van der Waals surface area contributed by atoms with E-state index in [2.05, 4.69) is 9.72 Å². The molecule has 6 heteroatoms. The first-order chi connectivity index (χ1) is 7.58. The summed E-state index contributed by atoms with van der Waals surface area (Å²) in [5.74, 6) is -1.16. The molecule has 1 aromatic carbocycles. The highest BCUT2D eigenvalue weighted by atomic mass is 19.3. The lowest BCUT2D eigenvalue weighted by molar-refractivity contribution is -0.0489. The molecule has 0 amide bonds. The molecule has 0 aliphatic heterocycles. The van der Waals surface area contributed by atoms with E-state index in [1.165, 1.54) is 18.2 Å². The number of aromatic nitrogens is 1. The highest BCUT2D eigenvalue weighted by Crippen LogP contribution is 2.24. The topological polar surface area (TPSA) is 42.1 Å². The summed E-state index contributed by atoms with van der Waals surface area (Å²) in [4.78, 5) is 13.1. The van der Waals surface area contributed by atoms with Crippen LogP contribution < -0.4 is 10.3 Å². The molecule has 0 atom stereocenters. The maximum absolute atomic E-state index is 12.9. The van der Waals surface area contributed by atoms with E-state index in [0.29, 0.717) is 0 Å². The van der Waals surface area contributed by atoms with Crippen molar-refractivity contribution in [2.45, 2.75) is 6.61 Å². The van der Waals surface area contributed by atoms with Gasteiger partial charge in [0.25, 0.3) is 5.56 Å². The molecule has 1 aromatic heterocycles. The number of ether oxygens (including phenoxy) is 1. The van der Waals surface area contributed by atoms with Crippen molar-refractivity contribution in [3.8, 4) is 5.75 Å². The lowest BCUT2D eigenvalue weighted by atomic mass is 10.2. The van der Waals surface area contributed by atoms with Crippen molar-refractivity contribution in [1.82, 2.24) is 4.98 Å². The average Bonchev–Trinajstić information content (AvgIpc) is 2.20. The number of hydrogen-bond donors (Lipinski definition) is 1. The molecule has 0 spiro atoms. The molecule has 1 N–H and O–H groups in total. The fraction of sp³-hybridized carbons (Fsp3) is 0.100. The zero-order valence-electron chi connectivity index (χ0n) is 7.84. The summed E-state index contributed by atoms with van der Waals surface area (Å²) < 4.78 is 41.2. The Labute approximate surface area is 87.5 Å². The van der Waals surface area contributed by atoms with Crippen molar-refractivity contribution >= 4 is 10.9 Å². The molecule has 84 valence electrons. The average molecular weight is 229 g/mol. The molecule has 0 unspecified atom stereocenters. The number of aromatic amines is 1. The van der Waals surface area contributed by atoms with Crippen LogP contribution in [0.2, 0.25) is 0 Å². The van der Waals surface area contributed by atoms with Crippen LogP contribution in [-0.4, -0.2) is 11.6 Å². The first-order valence-electron chi connectivity index (χ1n) is 4.34. The standard InChI is InChI=1S/C10H6F3NO2/c11-6-4-5-2-1-3-7(16-10(12)13)8(5)14-9(6)15/h1-4,10H,(H,14,15). The first kappa shape index (κ1) is 10.5. The van der Waals surface area contributed by atoms with Crippen LogP contribution in [0.15, 0.2) is 29.1 Å². The minimum atomic E-state index is -3.00. The number of alkyl halides is 2. The SMILES string of the molecule is O=c1[nH]c2c(OC(F)F)cccc2cc1F. The van der Waals surface area contributed by atoms with Crippen molar-refractivity contribution in [3.05, 3.63) is 40.4 Å². The molecule has 16 heavy (non-hydrogen) atoms. The lowest BCUT2D eigenvalue weighted by Crippen LogP contribution is -2.11. The first-order valence-corrected chi connectivity index (χ1v) is 4.34. The molecule has 0 radical (unpaired) electrons. The van der Waals surface area contributed by atoms with Crippen LogP contribution in [0.25, 0.3) is 10.9 Å². The van der Waals surface area contributed by atoms with Crippen molar-refractivity contribution in [2.75, 3.05) is 0 Å². The molecule has 3 nitrogen and oxygen atoms in total. The monoisotopic (exact) mass is 229 g/mol. The predicted molar refractivity (Wildman–Crippen MR) is 51.2 cm³/mol. The molecule has 0 aliphatic carbocycles. The molecule has 0 fully saturated rings. The number of fused-ring (bicyclic) bond motifs is 1. The van der Waals surface area contributed by atoms with Gasteiger partial charge in [0, 0.05) is 5.39 Å². The highest BCUT2D eigenvalue weighted by Gasteiger charge is 2.10. The molecule has 2 aromatic rings. The van der Waals surface area contributed by atoms with E-state index in [1.54, 1.807) is 0 Å². The summed E-state index contributed by atoms with van der Waals surface area (Å²) in [6, 6.07) is 5.14. The Morgan fingerprint density at radius 3 is 2.75 bits per heavy atom. The zero-order valence-corrected chi connectivity index (χ0v) is 7.84. The second-order valence-corrected chi connectivity index (χ2v) is 3.05. The van der Waals surface area contributed by atoms with Crippen molar-refractivity contribution in [1.29, 1.82) is 0 Å². The van der Waals surface area contributed by atoms with Crippen molar-refractivity contribution < 1.29 is 17.9 Å². The van der Waals surface area contributed by atoms with E-state index in [4.69, 9.17) is 0 Å². The van der Waals surface area contributed by atoms with Crippen LogP contribution in [0.4, 0.5) is 13.2 Å². The number of hydrogen-bond acceptors (Lipinski definition) is 2. The van der Waals surface area contributed by atoms with Crippen LogP contribution in [0.1, 0.15) is 0 Å². The molecule has 0 aliphatic rings. The van der Waals surface area contributed by atoms with Crippen LogP contribution in [-0.2, 0) is 0 Å². The van der Waals surface area contributed by atoms with Gasteiger partial charge in [-0.2, -0.15) is 8.78 Å². The van der Waals surface area contributed by atoms with Gasteiger partial charge >= 0.3 is 6.61 Å². The number of benzene rings is 1. The molecule has 0 saturated heterocycles. The van der Waals surface area contributed by atoms with Gasteiger partial charge in [-0.25, -0.2) is 4.39 Å². The Balaban J connectivity index is 2.67. The lowest BCUT2D eigenvalue weighted by Gasteiger charge is -2.07. The van der Waals surface area contributed by atoms with E-state index in [-0.39, 0.29) is 16.7 Å². The quantitative estimate of drug-likeness (QED) is 0.858. The van der Waals surface area contributed by atoms with E-state index in [9.17, 15) is 18.0 Å². The van der Waals surface area contributed by atoms with Gasteiger partial charge in [0.2, 0.25) is 0 Å². The maximum Gasteiger partial charge on any atom is 0.387 e. The Bertz CT molecular complexity index is 580. The molecular weight excluding hydrogens is 223 g/mol. The smallest absolute Gasteiger partial charge is 0.387 e. The molecular formula is C10H6F3NO2. The van der Waals surface area contributed by atoms with E-state index in [0.717, 1.165) is 6.07 Å². The van der Waals surface area contributed by atoms with Crippen molar-refractivity contribution in [3.63, 3.8) is 0 Å². The van der Waals surface area contributed by atoms with Gasteiger partial charge in [0.15, 0.2) is 5.82 Å². The normalized spacial score (nSPS) is 11.0. The Morgan fingerprint density at radius 1 is 1.31 bits per heavy atom. The summed E-state index contributed by atoms with van der Waals surface area (Å²) >= 11 is 0. The fourth-order valence-electron chi connectivity index (χ4n) is 1.37. The minimum absolute atomic E-state index is 0.0502. The number of rotatable bonds is 2. The van der Waals surface area contributed by atoms with Gasteiger partial charge in [-0.05, 0) is 12.1 Å². The van der Waals surface area contributed by atoms with Gasteiger partial charge in [0.05, 0.1) is 5.52 Å². The third kappa shape index (κ3) is 1.86. The van der Waals surface area contributed by atoms with Gasteiger partial charge in [-0.1, -0.05) is 12.1 Å². The van der Waals surface area contributed by atoms with Crippen LogP contribution >= 0.6 is 0 Å². The maximum atomic E-state index is 12.9. The van der Waals surface area contributed by atoms with Crippen LogP contribution in [0.5, 0.6) is 5.75 Å². The summed E-state index contributed by atoms with van der Waals surface area (Å²) in [5.41, 5.74) is -0.924. The Kier molecular flexibility index (Phi) is 2.55. The molecule has 0 saturated carbocycles. The number of H-pyrrole nitrogens is 1. The zero-order chi connectivity index (χ0) is 11.7.